The number of benzene rings is 2. The molecule has 0 saturated carbocycles. The van der Waals surface area contributed by atoms with Gasteiger partial charge >= 0.3 is 0 Å². The highest BCUT2D eigenvalue weighted by Gasteiger charge is 2.32. The highest BCUT2D eigenvalue weighted by molar-refractivity contribution is 7.92. The summed E-state index contributed by atoms with van der Waals surface area (Å²) in [5.41, 5.74) is 3.23. The molecule has 0 unspecified atom stereocenters. The topological polar surface area (TPSA) is 86.8 Å². The first-order valence-electron chi connectivity index (χ1n) is 11.7. The van der Waals surface area contributed by atoms with Crippen LogP contribution in [0, 0.1) is 6.92 Å². The standard InChI is InChI=1S/C26H37N3O4S/c1-7-22-14-9-10-15-24(22)29(34(6,32)33)18-25(30)28(17-21-13-11-12-20(5)16-21)23(8-2)26(31)27-19(3)4/h9-16,19,23H,7-8,17-18H2,1-6H3,(H,27,31)/t23-/m1/s1. The van der Waals surface area contributed by atoms with E-state index in [-0.39, 0.29) is 25.0 Å². The number of hydrogen-bond acceptors (Lipinski definition) is 4. The van der Waals surface area contributed by atoms with Crippen LogP contribution in [0.3, 0.4) is 0 Å². The molecule has 0 fully saturated rings. The zero-order valence-corrected chi connectivity index (χ0v) is 21.9. The summed E-state index contributed by atoms with van der Waals surface area (Å²) in [6, 6.07) is 14.1. The fourth-order valence-corrected chi connectivity index (χ4v) is 4.84. The van der Waals surface area contributed by atoms with Gasteiger partial charge in [-0.3, -0.25) is 13.9 Å². The lowest BCUT2D eigenvalue weighted by Gasteiger charge is -2.33. The summed E-state index contributed by atoms with van der Waals surface area (Å²) in [4.78, 5) is 28.2. The van der Waals surface area contributed by atoms with Gasteiger partial charge in [0, 0.05) is 12.6 Å². The fraction of sp³-hybridized carbons (Fsp3) is 0.462. The van der Waals surface area contributed by atoms with Gasteiger partial charge in [0.2, 0.25) is 21.8 Å². The van der Waals surface area contributed by atoms with Gasteiger partial charge in [-0.05, 0) is 50.8 Å². The molecule has 0 aliphatic heterocycles. The van der Waals surface area contributed by atoms with E-state index in [9.17, 15) is 18.0 Å². The lowest BCUT2D eigenvalue weighted by molar-refractivity contribution is -0.140. The summed E-state index contributed by atoms with van der Waals surface area (Å²) in [5.74, 6) is -0.679. The maximum Gasteiger partial charge on any atom is 0.244 e. The first-order valence-corrected chi connectivity index (χ1v) is 13.5. The molecule has 0 spiro atoms. The number of carbonyl (C=O) groups is 2. The van der Waals surface area contributed by atoms with E-state index < -0.39 is 22.0 Å². The Balaban J connectivity index is 2.48. The van der Waals surface area contributed by atoms with Crippen molar-refractivity contribution in [2.75, 3.05) is 17.1 Å². The Morgan fingerprint density at radius 1 is 1.03 bits per heavy atom. The zero-order chi connectivity index (χ0) is 25.5. The second-order valence-corrected chi connectivity index (χ2v) is 10.8. The van der Waals surface area contributed by atoms with Crippen molar-refractivity contribution in [3.63, 3.8) is 0 Å². The predicted molar refractivity (Wildman–Crippen MR) is 137 cm³/mol. The Morgan fingerprint density at radius 2 is 1.71 bits per heavy atom. The van der Waals surface area contributed by atoms with Crippen LogP contribution < -0.4 is 9.62 Å². The number of carbonyl (C=O) groups excluding carboxylic acids is 2. The summed E-state index contributed by atoms with van der Waals surface area (Å²) in [6.45, 7) is 9.31. The molecule has 0 saturated heterocycles. The van der Waals surface area contributed by atoms with Crippen LogP contribution in [0.1, 0.15) is 50.8 Å². The number of sulfonamides is 1. The van der Waals surface area contributed by atoms with Gasteiger partial charge in [0.25, 0.3) is 0 Å². The Labute approximate surface area is 204 Å². The average Bonchev–Trinajstić information content (AvgIpc) is 2.76. The Bertz CT molecular complexity index is 1100. The molecule has 2 amide bonds. The summed E-state index contributed by atoms with van der Waals surface area (Å²) in [7, 11) is -3.75. The Morgan fingerprint density at radius 3 is 2.26 bits per heavy atom. The second kappa shape index (κ2) is 12.0. The van der Waals surface area contributed by atoms with Gasteiger partial charge in [-0.1, -0.05) is 61.9 Å². The van der Waals surface area contributed by atoms with Crippen LogP contribution in [0.2, 0.25) is 0 Å². The minimum atomic E-state index is -3.75. The van der Waals surface area contributed by atoms with Crippen LogP contribution in [0.15, 0.2) is 48.5 Å². The molecule has 1 N–H and O–H groups in total. The molecule has 34 heavy (non-hydrogen) atoms. The summed E-state index contributed by atoms with van der Waals surface area (Å²) < 4.78 is 26.7. The van der Waals surface area contributed by atoms with Gasteiger partial charge in [0.05, 0.1) is 11.9 Å². The van der Waals surface area contributed by atoms with Gasteiger partial charge in [-0.2, -0.15) is 0 Å². The number of nitrogens with one attached hydrogen (secondary N) is 1. The van der Waals surface area contributed by atoms with Gasteiger partial charge in [0.15, 0.2) is 0 Å². The Hall–Kier alpha value is -2.87. The van der Waals surface area contributed by atoms with Crippen molar-refractivity contribution in [3.05, 3.63) is 65.2 Å². The molecule has 186 valence electrons. The van der Waals surface area contributed by atoms with Gasteiger partial charge in [-0.15, -0.1) is 0 Å². The SMILES string of the molecule is CCc1ccccc1N(CC(=O)N(Cc1cccc(C)c1)[C@H](CC)C(=O)NC(C)C)S(C)(=O)=O. The van der Waals surface area contributed by atoms with Crippen LogP contribution in [-0.4, -0.2) is 50.0 Å². The second-order valence-electron chi connectivity index (χ2n) is 8.85. The molecule has 7 nitrogen and oxygen atoms in total. The molecule has 2 aromatic rings. The van der Waals surface area contributed by atoms with Crippen LogP contribution in [0.4, 0.5) is 5.69 Å². The third-order valence-corrected chi connectivity index (χ3v) is 6.70. The van der Waals surface area contributed by atoms with Crippen LogP contribution in [0.25, 0.3) is 0 Å². The number of amides is 2. The molecule has 8 heteroatoms. The van der Waals surface area contributed by atoms with Crippen molar-refractivity contribution >= 4 is 27.5 Å². The van der Waals surface area contributed by atoms with E-state index in [0.29, 0.717) is 18.5 Å². The molecule has 0 radical (unpaired) electrons. The highest BCUT2D eigenvalue weighted by atomic mass is 32.2. The van der Waals surface area contributed by atoms with E-state index in [2.05, 4.69) is 5.32 Å². The number of aryl methyl sites for hydroxylation is 2. The van der Waals surface area contributed by atoms with E-state index in [4.69, 9.17) is 0 Å². The number of para-hydroxylation sites is 1. The summed E-state index contributed by atoms with van der Waals surface area (Å²) in [5, 5.41) is 2.90. The zero-order valence-electron chi connectivity index (χ0n) is 21.0. The van der Waals surface area contributed by atoms with Crippen molar-refractivity contribution in [2.24, 2.45) is 0 Å². The van der Waals surface area contributed by atoms with Crippen molar-refractivity contribution < 1.29 is 18.0 Å². The third kappa shape index (κ3) is 7.32. The van der Waals surface area contributed by atoms with Crippen LogP contribution >= 0.6 is 0 Å². The predicted octanol–water partition coefficient (Wildman–Crippen LogP) is 3.66. The first kappa shape index (κ1) is 27.4. The average molecular weight is 488 g/mol. The number of rotatable bonds is 11. The molecule has 1 atom stereocenters. The van der Waals surface area contributed by atoms with Gasteiger partial charge < -0.3 is 10.2 Å². The normalized spacial score (nSPS) is 12.3. The Kier molecular flexibility index (Phi) is 9.67. The van der Waals surface area contributed by atoms with Crippen molar-refractivity contribution in [1.29, 1.82) is 0 Å². The van der Waals surface area contributed by atoms with Crippen molar-refractivity contribution in [1.82, 2.24) is 10.2 Å². The third-order valence-electron chi connectivity index (χ3n) is 5.57. The van der Waals surface area contributed by atoms with E-state index in [1.807, 2.05) is 71.0 Å². The molecule has 0 bridgehead atoms. The maximum absolute atomic E-state index is 13.7. The molecule has 0 aromatic heterocycles. The first-order chi connectivity index (χ1) is 16.0. The molecular formula is C26H37N3O4S. The highest BCUT2D eigenvalue weighted by Crippen LogP contribution is 2.24. The fourth-order valence-electron chi connectivity index (χ4n) is 3.96. The minimum absolute atomic E-state index is 0.0820. The van der Waals surface area contributed by atoms with E-state index >= 15 is 0 Å². The molecule has 0 aliphatic rings. The monoisotopic (exact) mass is 487 g/mol. The smallest absolute Gasteiger partial charge is 0.244 e. The lowest BCUT2D eigenvalue weighted by atomic mass is 10.1. The minimum Gasteiger partial charge on any atom is -0.352 e. The largest absolute Gasteiger partial charge is 0.352 e. The lowest BCUT2D eigenvalue weighted by Crippen LogP contribution is -2.53. The van der Waals surface area contributed by atoms with Crippen molar-refractivity contribution in [3.8, 4) is 0 Å². The number of anilines is 1. The number of hydrogen-bond donors (Lipinski definition) is 1. The van der Waals surface area contributed by atoms with Crippen molar-refractivity contribution in [2.45, 2.75) is 66.1 Å². The molecule has 2 aromatic carbocycles. The molecule has 2 rings (SSSR count). The number of nitrogens with zero attached hydrogens (tertiary/aromatic N) is 2. The molecular weight excluding hydrogens is 450 g/mol. The molecule has 0 aliphatic carbocycles. The summed E-state index contributed by atoms with van der Waals surface area (Å²) in [6.07, 6.45) is 2.12. The molecule has 0 heterocycles. The maximum atomic E-state index is 13.7. The van der Waals surface area contributed by atoms with Gasteiger partial charge in [0.1, 0.15) is 12.6 Å². The quantitative estimate of drug-likeness (QED) is 0.524. The van der Waals surface area contributed by atoms with Gasteiger partial charge in [-0.25, -0.2) is 8.42 Å². The van der Waals surface area contributed by atoms with E-state index in [0.717, 1.165) is 27.3 Å². The van der Waals surface area contributed by atoms with Crippen LogP contribution in [-0.2, 0) is 32.6 Å². The van der Waals surface area contributed by atoms with E-state index in [1.54, 1.807) is 12.1 Å². The van der Waals surface area contributed by atoms with Crippen LogP contribution in [0.5, 0.6) is 0 Å². The van der Waals surface area contributed by atoms with E-state index in [1.165, 1.54) is 4.90 Å². The summed E-state index contributed by atoms with van der Waals surface area (Å²) >= 11 is 0.